The highest BCUT2D eigenvalue weighted by Crippen LogP contribution is 2.66. The zero-order valence-electron chi connectivity index (χ0n) is 15.5. The van der Waals surface area contributed by atoms with Gasteiger partial charge in [0.2, 0.25) is 11.7 Å². The number of aryl methyl sites for hydroxylation is 1. The highest BCUT2D eigenvalue weighted by atomic mass is 16.5. The first-order valence-corrected chi connectivity index (χ1v) is 9.16. The number of hydrogen-bond acceptors (Lipinski definition) is 6. The van der Waals surface area contributed by atoms with Gasteiger partial charge in [-0.05, 0) is 6.07 Å². The fourth-order valence-electron chi connectivity index (χ4n) is 4.69. The summed E-state index contributed by atoms with van der Waals surface area (Å²) in [6.07, 6.45) is 1.77. The largest absolute Gasteiger partial charge is 0.491 e. The lowest BCUT2D eigenvalue weighted by molar-refractivity contribution is -0.284. The first kappa shape index (κ1) is 16.6. The van der Waals surface area contributed by atoms with Crippen LogP contribution in [0.15, 0.2) is 22.7 Å². The zero-order chi connectivity index (χ0) is 18.8. The topological polar surface area (TPSA) is 98.5 Å². The van der Waals surface area contributed by atoms with Crippen LogP contribution in [0.1, 0.15) is 37.3 Å². The molecule has 1 aromatic carbocycles. The van der Waals surface area contributed by atoms with E-state index in [0.29, 0.717) is 24.2 Å². The molecule has 8 heteroatoms. The number of hydrogen-bond donors (Lipinski definition) is 2. The molecule has 0 radical (unpaired) electrons. The van der Waals surface area contributed by atoms with Gasteiger partial charge in [0.25, 0.3) is 0 Å². The van der Waals surface area contributed by atoms with Gasteiger partial charge in [0, 0.05) is 43.9 Å². The number of aromatic nitrogens is 2. The summed E-state index contributed by atoms with van der Waals surface area (Å²) in [6, 6.07) is 5.39. The average molecular weight is 370 g/mol. The van der Waals surface area contributed by atoms with E-state index in [4.69, 9.17) is 14.0 Å². The molecule has 27 heavy (non-hydrogen) atoms. The van der Waals surface area contributed by atoms with E-state index < -0.39 is 0 Å². The van der Waals surface area contributed by atoms with E-state index in [0.717, 1.165) is 29.7 Å². The van der Waals surface area contributed by atoms with Crippen LogP contribution in [0.25, 0.3) is 11.4 Å². The van der Waals surface area contributed by atoms with Gasteiger partial charge in [0.15, 0.2) is 0 Å². The monoisotopic (exact) mass is 370 g/mol. The molecule has 3 saturated carbocycles. The summed E-state index contributed by atoms with van der Waals surface area (Å²) in [5.74, 6) is 2.12. The highest BCUT2D eigenvalue weighted by Gasteiger charge is 2.75. The van der Waals surface area contributed by atoms with E-state index in [9.17, 15) is 4.79 Å². The lowest BCUT2D eigenvalue weighted by Gasteiger charge is -2.74. The second-order valence-electron chi connectivity index (χ2n) is 7.85. The van der Waals surface area contributed by atoms with Crippen LogP contribution in [-0.2, 0) is 4.74 Å². The van der Waals surface area contributed by atoms with Gasteiger partial charge >= 0.3 is 6.03 Å². The van der Waals surface area contributed by atoms with Gasteiger partial charge in [-0.3, -0.25) is 0 Å². The Balaban J connectivity index is 1.26. The maximum atomic E-state index is 12.5. The van der Waals surface area contributed by atoms with Gasteiger partial charge in [0.05, 0.1) is 17.2 Å². The normalized spacial score (nSPS) is 32.7. The van der Waals surface area contributed by atoms with Gasteiger partial charge < -0.3 is 24.6 Å². The molecule has 0 unspecified atom stereocenters. The van der Waals surface area contributed by atoms with Gasteiger partial charge in [-0.1, -0.05) is 24.2 Å². The number of amides is 2. The Bertz CT molecular complexity index is 918. The zero-order valence-corrected chi connectivity index (χ0v) is 15.5. The van der Waals surface area contributed by atoms with Crippen LogP contribution in [-0.4, -0.2) is 41.0 Å². The molecule has 0 saturated heterocycles. The Kier molecular flexibility index (Phi) is 3.34. The van der Waals surface area contributed by atoms with E-state index in [1.165, 1.54) is 0 Å². The molecule has 2 bridgehead atoms. The molecule has 6 rings (SSSR count). The second-order valence-corrected chi connectivity index (χ2v) is 7.85. The molecule has 3 fully saturated rings. The third-order valence-corrected chi connectivity index (χ3v) is 6.50. The van der Waals surface area contributed by atoms with Crippen LogP contribution in [0.2, 0.25) is 0 Å². The van der Waals surface area contributed by atoms with E-state index in [2.05, 4.69) is 27.7 Å². The molecule has 1 aromatic heterocycles. The van der Waals surface area contributed by atoms with E-state index >= 15 is 0 Å². The fourth-order valence-corrected chi connectivity index (χ4v) is 4.69. The minimum atomic E-state index is -0.180. The van der Waals surface area contributed by atoms with Crippen LogP contribution in [0, 0.1) is 12.8 Å². The van der Waals surface area contributed by atoms with Gasteiger partial charge in [-0.15, -0.1) is 0 Å². The molecular weight excluding hydrogens is 348 g/mol. The third-order valence-electron chi connectivity index (χ3n) is 6.50. The predicted octanol–water partition coefficient (Wildman–Crippen LogP) is 2.35. The molecule has 3 aliphatic carbocycles. The summed E-state index contributed by atoms with van der Waals surface area (Å²) < 4.78 is 16.4. The first-order chi connectivity index (χ1) is 12.9. The average Bonchev–Trinajstić information content (AvgIpc) is 3.24. The highest BCUT2D eigenvalue weighted by molar-refractivity contribution is 5.77. The van der Waals surface area contributed by atoms with E-state index in [-0.39, 0.29) is 23.2 Å². The summed E-state index contributed by atoms with van der Waals surface area (Å²) >= 11 is 0. The maximum absolute atomic E-state index is 12.5. The van der Waals surface area contributed by atoms with E-state index in [1.807, 2.05) is 18.2 Å². The van der Waals surface area contributed by atoms with Crippen molar-refractivity contribution in [3.63, 3.8) is 0 Å². The van der Waals surface area contributed by atoms with Gasteiger partial charge in [0.1, 0.15) is 12.4 Å². The number of carbonyl (C=O) groups excluding carboxylic acids is 1. The number of nitrogens with one attached hydrogen (secondary N) is 2. The molecule has 0 spiro atoms. The minimum absolute atomic E-state index is 0.0275. The summed E-state index contributed by atoms with van der Waals surface area (Å²) in [5.41, 5.74) is 1.62. The molecule has 2 amide bonds. The maximum Gasteiger partial charge on any atom is 0.315 e. The van der Waals surface area contributed by atoms with Gasteiger partial charge in [-0.25, -0.2) is 4.79 Å². The fraction of sp³-hybridized carbons (Fsp3) is 0.526. The second kappa shape index (κ2) is 5.45. The number of carbonyl (C=O) groups is 1. The Labute approximate surface area is 156 Å². The first-order valence-electron chi connectivity index (χ1n) is 9.16. The molecule has 2 N–H and O–H groups in total. The number of fused-ring (bicyclic) bond motifs is 1. The standard InChI is InChI=1S/C19H22N4O4/c1-10-18(8-19(10,9-18)25-3)22-17(24)21-14-7-26-15-6-12(4-5-13(14)15)16-20-11(2)27-23-16/h4-6,10,14H,7-9H2,1-3H3,(H2,21,22,24)/t10-,14+,18?,19?/m0/s1. The predicted molar refractivity (Wildman–Crippen MR) is 95.2 cm³/mol. The van der Waals surface area contributed by atoms with Crippen LogP contribution < -0.4 is 15.4 Å². The summed E-state index contributed by atoms with van der Waals surface area (Å²) in [6.45, 7) is 4.29. The van der Waals surface area contributed by atoms with Crippen molar-refractivity contribution in [3.05, 3.63) is 29.7 Å². The molecule has 8 nitrogen and oxygen atoms in total. The quantitative estimate of drug-likeness (QED) is 0.857. The Morgan fingerprint density at radius 3 is 2.85 bits per heavy atom. The van der Waals surface area contributed by atoms with Crippen molar-refractivity contribution in [2.45, 2.75) is 43.9 Å². The summed E-state index contributed by atoms with van der Waals surface area (Å²) in [7, 11) is 1.75. The van der Waals surface area contributed by atoms with Gasteiger partial charge in [-0.2, -0.15) is 4.98 Å². The Morgan fingerprint density at radius 1 is 1.37 bits per heavy atom. The van der Waals surface area contributed by atoms with Crippen molar-refractivity contribution in [3.8, 4) is 17.1 Å². The number of methoxy groups -OCH3 is 1. The van der Waals surface area contributed by atoms with Crippen molar-refractivity contribution in [2.75, 3.05) is 13.7 Å². The van der Waals surface area contributed by atoms with Crippen molar-refractivity contribution >= 4 is 6.03 Å². The molecular formula is C19H22N4O4. The lowest BCUT2D eigenvalue weighted by atomic mass is 9.39. The smallest absolute Gasteiger partial charge is 0.315 e. The molecule has 2 atom stereocenters. The van der Waals surface area contributed by atoms with Crippen LogP contribution >= 0.6 is 0 Å². The molecule has 2 aromatic rings. The summed E-state index contributed by atoms with van der Waals surface area (Å²) in [4.78, 5) is 16.8. The van der Waals surface area contributed by atoms with Crippen molar-refractivity contribution in [1.82, 2.24) is 20.8 Å². The molecule has 1 aliphatic heterocycles. The minimum Gasteiger partial charge on any atom is -0.491 e. The number of rotatable bonds is 4. The number of ether oxygens (including phenoxy) is 2. The molecule has 4 aliphatic rings. The Morgan fingerprint density at radius 2 is 2.19 bits per heavy atom. The number of benzene rings is 1. The number of nitrogens with zero attached hydrogens (tertiary/aromatic N) is 2. The third kappa shape index (κ3) is 2.29. The number of urea groups is 1. The van der Waals surface area contributed by atoms with Crippen molar-refractivity contribution in [2.24, 2.45) is 5.92 Å². The summed E-state index contributed by atoms with van der Waals surface area (Å²) in [5, 5.41) is 10.1. The molecule has 2 heterocycles. The van der Waals surface area contributed by atoms with Crippen molar-refractivity contribution in [1.29, 1.82) is 0 Å². The van der Waals surface area contributed by atoms with Crippen LogP contribution in [0.5, 0.6) is 5.75 Å². The lowest BCUT2D eigenvalue weighted by Crippen LogP contribution is -2.85. The van der Waals surface area contributed by atoms with Crippen LogP contribution in [0.4, 0.5) is 4.79 Å². The van der Waals surface area contributed by atoms with Crippen molar-refractivity contribution < 1.29 is 18.8 Å². The van der Waals surface area contributed by atoms with E-state index in [1.54, 1.807) is 14.0 Å². The molecule has 142 valence electrons. The Hall–Kier alpha value is -2.61. The van der Waals surface area contributed by atoms with Crippen LogP contribution in [0.3, 0.4) is 0 Å². The SMILES string of the molecule is COC12CC(NC(=O)N[C@@H]3COc4cc(-c5noc(C)n5)ccc43)(C1)[C@@H]2C.